The zero-order valence-electron chi connectivity index (χ0n) is 11.6. The highest BCUT2D eigenvalue weighted by molar-refractivity contribution is 5.44. The fourth-order valence-electron chi connectivity index (χ4n) is 2.79. The molecule has 0 aliphatic heterocycles. The van der Waals surface area contributed by atoms with Crippen LogP contribution in [0.25, 0.3) is 5.65 Å². The number of rotatable bonds is 4. The Balaban J connectivity index is 1.64. The average Bonchev–Trinajstić information content (AvgIpc) is 2.93. The Morgan fingerprint density at radius 1 is 1.10 bits per heavy atom. The van der Waals surface area contributed by atoms with Gasteiger partial charge in [-0.05, 0) is 46.9 Å². The first-order valence-corrected chi connectivity index (χ1v) is 7.27. The second-order valence-electron chi connectivity index (χ2n) is 5.47. The molecule has 1 aromatic carbocycles. The van der Waals surface area contributed by atoms with Crippen LogP contribution in [0.15, 0.2) is 42.5 Å². The molecule has 1 saturated carbocycles. The molecular formula is C15H16N6. The van der Waals surface area contributed by atoms with Gasteiger partial charge in [-0.25, -0.2) is 0 Å². The molecule has 1 fully saturated rings. The van der Waals surface area contributed by atoms with Crippen molar-refractivity contribution in [1.82, 2.24) is 25.3 Å². The third-order valence-electron chi connectivity index (χ3n) is 4.15. The third kappa shape index (κ3) is 2.33. The lowest BCUT2D eigenvalue weighted by atomic mass is 9.77. The number of tetrazole rings is 1. The van der Waals surface area contributed by atoms with Gasteiger partial charge in [0.1, 0.15) is 5.82 Å². The quantitative estimate of drug-likeness (QED) is 0.795. The van der Waals surface area contributed by atoms with Crippen molar-refractivity contribution in [1.29, 1.82) is 0 Å². The molecule has 4 rings (SSSR count). The smallest absolute Gasteiger partial charge is 0.200 e. The summed E-state index contributed by atoms with van der Waals surface area (Å²) in [5.41, 5.74) is 1.96. The summed E-state index contributed by atoms with van der Waals surface area (Å²) in [6.07, 6.45) is 3.84. The van der Waals surface area contributed by atoms with Gasteiger partial charge in [-0.2, -0.15) is 0 Å². The Labute approximate surface area is 122 Å². The van der Waals surface area contributed by atoms with Crippen LogP contribution in [0.3, 0.4) is 0 Å². The Bertz CT molecular complexity index is 734. The van der Waals surface area contributed by atoms with Crippen LogP contribution in [0.4, 0.5) is 5.82 Å². The highest BCUT2D eigenvalue weighted by Gasteiger charge is 2.28. The molecule has 1 aliphatic rings. The van der Waals surface area contributed by atoms with Crippen LogP contribution in [-0.4, -0.2) is 25.3 Å². The molecule has 1 unspecified atom stereocenters. The van der Waals surface area contributed by atoms with Crippen molar-refractivity contribution in [3.05, 3.63) is 48.0 Å². The fourth-order valence-corrected chi connectivity index (χ4v) is 2.79. The molecule has 0 spiro atoms. The molecule has 0 bridgehead atoms. The molecule has 6 heteroatoms. The zero-order chi connectivity index (χ0) is 14.1. The van der Waals surface area contributed by atoms with E-state index in [4.69, 9.17) is 0 Å². The minimum atomic E-state index is 0.293. The van der Waals surface area contributed by atoms with E-state index >= 15 is 0 Å². The van der Waals surface area contributed by atoms with Crippen molar-refractivity contribution in [2.24, 2.45) is 5.92 Å². The van der Waals surface area contributed by atoms with E-state index in [0.29, 0.717) is 17.6 Å². The molecule has 0 radical (unpaired) electrons. The van der Waals surface area contributed by atoms with E-state index in [0.717, 1.165) is 5.82 Å². The number of benzene rings is 1. The van der Waals surface area contributed by atoms with Crippen molar-refractivity contribution < 1.29 is 0 Å². The molecule has 106 valence electrons. The van der Waals surface area contributed by atoms with Gasteiger partial charge >= 0.3 is 0 Å². The monoisotopic (exact) mass is 280 g/mol. The van der Waals surface area contributed by atoms with Gasteiger partial charge in [0, 0.05) is 0 Å². The standard InChI is InChI=1S/C15H16N6/c1-2-5-11(6-3-1)15(12-7-4-8-12)16-13-9-10-14-17-19-20-21(14)18-13/h1-3,5-6,9-10,12,15H,4,7-8H2,(H,16,18). The molecule has 1 aliphatic carbocycles. The van der Waals surface area contributed by atoms with Gasteiger partial charge < -0.3 is 5.32 Å². The number of hydrogen-bond donors (Lipinski definition) is 1. The van der Waals surface area contributed by atoms with Crippen molar-refractivity contribution in [3.63, 3.8) is 0 Å². The SMILES string of the molecule is c1ccc(C(Nc2ccc3nnnn3n2)C2CCC2)cc1. The second-order valence-corrected chi connectivity index (χ2v) is 5.47. The summed E-state index contributed by atoms with van der Waals surface area (Å²) in [5.74, 6) is 1.47. The molecule has 0 saturated heterocycles. The lowest BCUT2D eigenvalue weighted by Gasteiger charge is -2.34. The molecule has 21 heavy (non-hydrogen) atoms. The van der Waals surface area contributed by atoms with Gasteiger partial charge in [-0.1, -0.05) is 36.8 Å². The third-order valence-corrected chi connectivity index (χ3v) is 4.15. The topological polar surface area (TPSA) is 68.0 Å². The molecule has 6 nitrogen and oxygen atoms in total. The highest BCUT2D eigenvalue weighted by Crippen LogP contribution is 2.39. The first kappa shape index (κ1) is 12.3. The van der Waals surface area contributed by atoms with E-state index in [-0.39, 0.29) is 0 Å². The van der Waals surface area contributed by atoms with E-state index in [1.165, 1.54) is 29.5 Å². The van der Waals surface area contributed by atoms with Crippen LogP contribution in [-0.2, 0) is 0 Å². The molecular weight excluding hydrogens is 264 g/mol. The normalized spacial score (nSPS) is 16.6. The maximum absolute atomic E-state index is 4.41. The van der Waals surface area contributed by atoms with Crippen LogP contribution in [0.5, 0.6) is 0 Å². The van der Waals surface area contributed by atoms with Gasteiger partial charge in [0.25, 0.3) is 0 Å². The number of nitrogens with zero attached hydrogens (tertiary/aromatic N) is 5. The van der Waals surface area contributed by atoms with Crippen LogP contribution < -0.4 is 5.32 Å². The Hall–Kier alpha value is -2.50. The molecule has 2 aromatic heterocycles. The molecule has 2 heterocycles. The zero-order valence-corrected chi connectivity index (χ0v) is 11.6. The van der Waals surface area contributed by atoms with E-state index in [1.54, 1.807) is 0 Å². The van der Waals surface area contributed by atoms with Gasteiger partial charge in [0.2, 0.25) is 0 Å². The van der Waals surface area contributed by atoms with E-state index < -0.39 is 0 Å². The van der Waals surface area contributed by atoms with Gasteiger partial charge in [-0.3, -0.25) is 0 Å². The summed E-state index contributed by atoms with van der Waals surface area (Å²) in [7, 11) is 0. The second kappa shape index (κ2) is 5.12. The Morgan fingerprint density at radius 2 is 1.95 bits per heavy atom. The number of anilines is 1. The molecule has 3 aromatic rings. The van der Waals surface area contributed by atoms with Crippen LogP contribution in [0.2, 0.25) is 0 Å². The minimum absolute atomic E-state index is 0.293. The number of aromatic nitrogens is 5. The van der Waals surface area contributed by atoms with E-state index in [2.05, 4.69) is 50.2 Å². The van der Waals surface area contributed by atoms with Gasteiger partial charge in [0.15, 0.2) is 5.65 Å². The largest absolute Gasteiger partial charge is 0.361 e. The van der Waals surface area contributed by atoms with Crippen molar-refractivity contribution in [3.8, 4) is 0 Å². The summed E-state index contributed by atoms with van der Waals surface area (Å²) in [6.45, 7) is 0. The Kier molecular flexibility index (Phi) is 2.99. The van der Waals surface area contributed by atoms with E-state index in [1.807, 2.05) is 18.2 Å². The maximum atomic E-state index is 4.41. The summed E-state index contributed by atoms with van der Waals surface area (Å²) >= 11 is 0. The highest BCUT2D eigenvalue weighted by atomic mass is 15.6. The lowest BCUT2D eigenvalue weighted by Crippen LogP contribution is -2.27. The lowest BCUT2D eigenvalue weighted by molar-refractivity contribution is 0.276. The number of nitrogens with one attached hydrogen (secondary N) is 1. The summed E-state index contributed by atoms with van der Waals surface area (Å²) in [4.78, 5) is 0. The summed E-state index contributed by atoms with van der Waals surface area (Å²) < 4.78 is 1.45. The predicted molar refractivity (Wildman–Crippen MR) is 78.7 cm³/mol. The van der Waals surface area contributed by atoms with Gasteiger partial charge in [-0.15, -0.1) is 14.8 Å². The molecule has 0 amide bonds. The first-order chi connectivity index (χ1) is 10.4. The first-order valence-electron chi connectivity index (χ1n) is 7.27. The summed E-state index contributed by atoms with van der Waals surface area (Å²) in [5, 5.41) is 19.3. The summed E-state index contributed by atoms with van der Waals surface area (Å²) in [6, 6.07) is 14.7. The van der Waals surface area contributed by atoms with Crippen LogP contribution >= 0.6 is 0 Å². The average molecular weight is 280 g/mol. The van der Waals surface area contributed by atoms with Crippen LogP contribution in [0, 0.1) is 5.92 Å². The van der Waals surface area contributed by atoms with Gasteiger partial charge in [0.05, 0.1) is 6.04 Å². The number of fused-ring (bicyclic) bond motifs is 1. The molecule has 1 N–H and O–H groups in total. The van der Waals surface area contributed by atoms with Crippen molar-refractivity contribution in [2.75, 3.05) is 5.32 Å². The minimum Gasteiger partial charge on any atom is -0.361 e. The van der Waals surface area contributed by atoms with Crippen molar-refractivity contribution in [2.45, 2.75) is 25.3 Å². The predicted octanol–water partition coefficient (Wildman–Crippen LogP) is 2.47. The van der Waals surface area contributed by atoms with E-state index in [9.17, 15) is 0 Å². The number of hydrogen-bond acceptors (Lipinski definition) is 5. The van der Waals surface area contributed by atoms with Crippen LogP contribution in [0.1, 0.15) is 30.9 Å². The Morgan fingerprint density at radius 3 is 2.71 bits per heavy atom. The fraction of sp³-hybridized carbons (Fsp3) is 0.333. The molecule has 1 atom stereocenters. The maximum Gasteiger partial charge on any atom is 0.200 e. The van der Waals surface area contributed by atoms with Crippen molar-refractivity contribution >= 4 is 11.5 Å².